The first-order valence-electron chi connectivity index (χ1n) is 10.2. The second-order valence-electron chi connectivity index (χ2n) is 8.55. The lowest BCUT2D eigenvalue weighted by Gasteiger charge is -2.44. The number of rotatable bonds is 8. The first kappa shape index (κ1) is 20.3. The first-order chi connectivity index (χ1) is 11.9. The van der Waals surface area contributed by atoms with Gasteiger partial charge in [0.25, 0.3) is 0 Å². The van der Waals surface area contributed by atoms with Crippen molar-refractivity contribution in [3.8, 4) is 0 Å². The van der Waals surface area contributed by atoms with E-state index in [0.29, 0.717) is 13.2 Å². The molecule has 0 spiro atoms. The van der Waals surface area contributed by atoms with Gasteiger partial charge in [-0.05, 0) is 40.0 Å². The number of carbonyl (C=O) groups is 1. The molecule has 1 saturated heterocycles. The van der Waals surface area contributed by atoms with Gasteiger partial charge in [-0.2, -0.15) is 0 Å². The summed E-state index contributed by atoms with van der Waals surface area (Å²) in [6, 6.07) is 0.181. The van der Waals surface area contributed by atoms with Crippen molar-refractivity contribution >= 4 is 6.09 Å². The van der Waals surface area contributed by atoms with Crippen molar-refractivity contribution in [2.24, 2.45) is 0 Å². The molecule has 144 valence electrons. The number of unbranched alkanes of at least 4 members (excludes halogenated alkanes) is 6. The Morgan fingerprint density at radius 1 is 1.16 bits per heavy atom. The quantitative estimate of drug-likeness (QED) is 0.430. The van der Waals surface area contributed by atoms with Crippen molar-refractivity contribution in [1.29, 1.82) is 0 Å². The van der Waals surface area contributed by atoms with E-state index < -0.39 is 5.60 Å². The highest BCUT2D eigenvalue weighted by molar-refractivity contribution is 5.70. The molecule has 2 atom stereocenters. The monoisotopic (exact) mass is 351 g/mol. The molecule has 2 heterocycles. The first-order valence-corrected chi connectivity index (χ1v) is 10.2. The molecule has 0 N–H and O–H groups in total. The lowest BCUT2D eigenvalue weighted by molar-refractivity contribution is -0.0538. The van der Waals surface area contributed by atoms with Crippen LogP contribution in [-0.4, -0.2) is 41.9 Å². The van der Waals surface area contributed by atoms with Gasteiger partial charge in [-0.15, -0.1) is 0 Å². The topological polar surface area (TPSA) is 38.8 Å². The molecule has 1 amide bonds. The van der Waals surface area contributed by atoms with Crippen LogP contribution in [0.3, 0.4) is 0 Å². The molecule has 0 aliphatic carbocycles. The van der Waals surface area contributed by atoms with Crippen LogP contribution >= 0.6 is 0 Å². The molecule has 0 saturated carbocycles. The maximum absolute atomic E-state index is 12.5. The normalized spacial score (nSPS) is 23.4. The van der Waals surface area contributed by atoms with Crippen LogP contribution in [0.2, 0.25) is 0 Å². The molecule has 0 radical (unpaired) electrons. The van der Waals surface area contributed by atoms with E-state index in [1.54, 1.807) is 0 Å². The molecule has 4 nitrogen and oxygen atoms in total. The molecule has 0 aromatic carbocycles. The largest absolute Gasteiger partial charge is 0.444 e. The molecule has 2 aliphatic heterocycles. The minimum atomic E-state index is -0.450. The van der Waals surface area contributed by atoms with Crippen LogP contribution in [0.5, 0.6) is 0 Å². The van der Waals surface area contributed by atoms with Crippen LogP contribution in [0, 0.1) is 0 Å². The molecule has 25 heavy (non-hydrogen) atoms. The van der Waals surface area contributed by atoms with E-state index in [9.17, 15) is 4.79 Å². The number of fused-ring (bicyclic) bond motifs is 2. The third kappa shape index (κ3) is 6.65. The molecular formula is C21H37NO3. The van der Waals surface area contributed by atoms with E-state index in [4.69, 9.17) is 9.47 Å². The second kappa shape index (κ2) is 9.61. The Labute approximate surface area is 153 Å². The highest BCUT2D eigenvalue weighted by Crippen LogP contribution is 2.31. The van der Waals surface area contributed by atoms with Gasteiger partial charge in [-0.3, -0.25) is 4.90 Å². The van der Waals surface area contributed by atoms with E-state index in [1.807, 2.05) is 25.7 Å². The standard InChI is InChI=1S/C21H37NO3/c1-5-6-7-8-9-10-11-12-17-13-18-15-24-16-19(14-17)22(18)20(23)25-21(2,3)4/h13,18-19H,5-12,14-16H2,1-4H3. The summed E-state index contributed by atoms with van der Waals surface area (Å²) in [5.74, 6) is 0. The Balaban J connectivity index is 1.81. The summed E-state index contributed by atoms with van der Waals surface area (Å²) >= 11 is 0. The number of amides is 1. The summed E-state index contributed by atoms with van der Waals surface area (Å²) in [5.41, 5.74) is 1.06. The van der Waals surface area contributed by atoms with Crippen LogP contribution < -0.4 is 0 Å². The minimum Gasteiger partial charge on any atom is -0.444 e. The highest BCUT2D eigenvalue weighted by Gasteiger charge is 2.39. The Morgan fingerprint density at radius 2 is 1.84 bits per heavy atom. The molecule has 2 aliphatic rings. The lowest BCUT2D eigenvalue weighted by atomic mass is 9.91. The second-order valence-corrected chi connectivity index (χ2v) is 8.55. The van der Waals surface area contributed by atoms with E-state index in [2.05, 4.69) is 13.0 Å². The van der Waals surface area contributed by atoms with Crippen molar-refractivity contribution in [1.82, 2.24) is 4.90 Å². The Bertz CT molecular complexity index is 453. The molecule has 4 heteroatoms. The summed E-state index contributed by atoms with van der Waals surface area (Å²) in [4.78, 5) is 14.4. The van der Waals surface area contributed by atoms with Gasteiger partial charge in [0.1, 0.15) is 5.60 Å². The predicted octanol–water partition coefficient (Wildman–Crippen LogP) is 5.46. The SMILES string of the molecule is CCCCCCCCCC1=CC2COCC(C1)N2C(=O)OC(C)(C)C. The fourth-order valence-electron chi connectivity index (χ4n) is 3.78. The molecule has 2 bridgehead atoms. The fraction of sp³-hybridized carbons (Fsp3) is 0.857. The summed E-state index contributed by atoms with van der Waals surface area (Å²) in [7, 11) is 0. The molecule has 1 fully saturated rings. The number of carbonyl (C=O) groups excluding carboxylic acids is 1. The smallest absolute Gasteiger partial charge is 0.411 e. The van der Waals surface area contributed by atoms with E-state index in [1.165, 1.54) is 56.9 Å². The van der Waals surface area contributed by atoms with Gasteiger partial charge in [-0.25, -0.2) is 4.79 Å². The lowest BCUT2D eigenvalue weighted by Crippen LogP contribution is -2.57. The van der Waals surface area contributed by atoms with Crippen molar-refractivity contribution in [2.75, 3.05) is 13.2 Å². The molecule has 2 rings (SSSR count). The minimum absolute atomic E-state index is 0.0434. The third-order valence-corrected chi connectivity index (χ3v) is 4.98. The van der Waals surface area contributed by atoms with Crippen molar-refractivity contribution < 1.29 is 14.3 Å². The van der Waals surface area contributed by atoms with Gasteiger partial charge in [0.15, 0.2) is 0 Å². The van der Waals surface area contributed by atoms with Crippen LogP contribution in [0.15, 0.2) is 11.6 Å². The Morgan fingerprint density at radius 3 is 2.48 bits per heavy atom. The molecule has 0 aromatic heterocycles. The summed E-state index contributed by atoms with van der Waals surface area (Å²) in [6.45, 7) is 9.24. The number of ether oxygens (including phenoxy) is 2. The molecule has 0 aromatic rings. The molecule has 2 unspecified atom stereocenters. The van der Waals surface area contributed by atoms with E-state index in [-0.39, 0.29) is 18.2 Å². The van der Waals surface area contributed by atoms with Crippen molar-refractivity contribution in [2.45, 2.75) is 103 Å². The Hall–Kier alpha value is -1.03. The number of morpholine rings is 1. The van der Waals surface area contributed by atoms with Crippen LogP contribution in [-0.2, 0) is 9.47 Å². The summed E-state index contributed by atoms with van der Waals surface area (Å²) in [6.07, 6.45) is 13.5. The maximum Gasteiger partial charge on any atom is 0.411 e. The average molecular weight is 352 g/mol. The fourth-order valence-corrected chi connectivity index (χ4v) is 3.78. The van der Waals surface area contributed by atoms with Crippen molar-refractivity contribution in [3.63, 3.8) is 0 Å². The number of nitrogens with zero attached hydrogens (tertiary/aromatic N) is 1. The van der Waals surface area contributed by atoms with Gasteiger partial charge < -0.3 is 9.47 Å². The highest BCUT2D eigenvalue weighted by atomic mass is 16.6. The molecular weight excluding hydrogens is 314 g/mol. The summed E-state index contributed by atoms with van der Waals surface area (Å²) < 4.78 is 11.3. The third-order valence-electron chi connectivity index (χ3n) is 4.98. The van der Waals surface area contributed by atoms with Gasteiger partial charge in [0.2, 0.25) is 0 Å². The van der Waals surface area contributed by atoms with E-state index in [0.717, 1.165) is 6.42 Å². The zero-order valence-electron chi connectivity index (χ0n) is 16.7. The number of hydrogen-bond donors (Lipinski definition) is 0. The van der Waals surface area contributed by atoms with Gasteiger partial charge in [-0.1, -0.05) is 57.1 Å². The van der Waals surface area contributed by atoms with E-state index >= 15 is 0 Å². The van der Waals surface area contributed by atoms with Crippen LogP contribution in [0.1, 0.15) is 85.5 Å². The maximum atomic E-state index is 12.5. The Kier molecular flexibility index (Phi) is 7.80. The van der Waals surface area contributed by atoms with Crippen LogP contribution in [0.4, 0.5) is 4.79 Å². The predicted molar refractivity (Wildman–Crippen MR) is 102 cm³/mol. The van der Waals surface area contributed by atoms with Crippen molar-refractivity contribution in [3.05, 3.63) is 11.6 Å². The van der Waals surface area contributed by atoms with Gasteiger partial charge in [0.05, 0.1) is 25.3 Å². The number of hydrogen-bond acceptors (Lipinski definition) is 3. The zero-order valence-corrected chi connectivity index (χ0v) is 16.7. The average Bonchev–Trinajstić information content (AvgIpc) is 2.51. The van der Waals surface area contributed by atoms with Gasteiger partial charge >= 0.3 is 6.09 Å². The van der Waals surface area contributed by atoms with Gasteiger partial charge in [0, 0.05) is 0 Å². The summed E-state index contributed by atoms with van der Waals surface area (Å²) in [5, 5.41) is 0. The van der Waals surface area contributed by atoms with Crippen LogP contribution in [0.25, 0.3) is 0 Å². The zero-order chi connectivity index (χ0) is 18.3.